The molecular weight excluding hydrogens is 284 g/mol. The lowest BCUT2D eigenvalue weighted by Crippen LogP contribution is -2.03. The van der Waals surface area contributed by atoms with E-state index in [0.29, 0.717) is 22.9 Å². The van der Waals surface area contributed by atoms with Gasteiger partial charge in [-0.05, 0) is 17.7 Å². The Balaban J connectivity index is 1.89. The number of nitrogens with one attached hydrogen (secondary N) is 1. The third-order valence-corrected chi connectivity index (χ3v) is 3.55. The van der Waals surface area contributed by atoms with Crippen LogP contribution in [0.1, 0.15) is 11.1 Å². The molecule has 0 amide bonds. The van der Waals surface area contributed by atoms with Crippen LogP contribution in [-0.4, -0.2) is 9.97 Å². The number of nitriles is 1. The van der Waals surface area contributed by atoms with E-state index in [4.69, 9.17) is 16.9 Å². The van der Waals surface area contributed by atoms with Gasteiger partial charge >= 0.3 is 0 Å². The first-order valence-electron chi connectivity index (χ1n) is 6.40. The third-order valence-electron chi connectivity index (χ3n) is 3.17. The first kappa shape index (κ1) is 13.3. The highest BCUT2D eigenvalue weighted by atomic mass is 35.5. The summed E-state index contributed by atoms with van der Waals surface area (Å²) in [4.78, 5) is 8.57. The van der Waals surface area contributed by atoms with Crippen LogP contribution in [0.2, 0.25) is 5.02 Å². The van der Waals surface area contributed by atoms with Gasteiger partial charge < -0.3 is 5.32 Å². The summed E-state index contributed by atoms with van der Waals surface area (Å²) in [6.07, 6.45) is 3.33. The molecule has 0 aliphatic carbocycles. The molecule has 4 nitrogen and oxygen atoms in total. The van der Waals surface area contributed by atoms with E-state index in [1.165, 1.54) is 0 Å². The van der Waals surface area contributed by atoms with E-state index in [2.05, 4.69) is 15.3 Å². The molecular formula is C16H11ClN4. The van der Waals surface area contributed by atoms with Crippen LogP contribution in [0.5, 0.6) is 0 Å². The fraction of sp³-hybridized carbons (Fsp3) is 0.0625. The monoisotopic (exact) mass is 294 g/mol. The molecule has 21 heavy (non-hydrogen) atoms. The molecule has 2 aromatic heterocycles. The lowest BCUT2D eigenvalue weighted by molar-refractivity contribution is 1.11. The quantitative estimate of drug-likeness (QED) is 0.799. The average Bonchev–Trinajstić information content (AvgIpc) is 2.54. The van der Waals surface area contributed by atoms with E-state index in [1.807, 2.05) is 36.4 Å². The van der Waals surface area contributed by atoms with Crippen molar-refractivity contribution in [3.8, 4) is 6.07 Å². The van der Waals surface area contributed by atoms with E-state index in [1.54, 1.807) is 18.5 Å². The zero-order valence-electron chi connectivity index (χ0n) is 11.0. The predicted octanol–water partition coefficient (Wildman–Crippen LogP) is 3.77. The van der Waals surface area contributed by atoms with Gasteiger partial charge in [0.05, 0.1) is 11.1 Å². The number of aromatic nitrogens is 2. The summed E-state index contributed by atoms with van der Waals surface area (Å²) < 4.78 is 0. The van der Waals surface area contributed by atoms with Gasteiger partial charge in [-0.3, -0.25) is 4.98 Å². The number of benzene rings is 1. The van der Waals surface area contributed by atoms with Crippen molar-refractivity contribution in [2.24, 2.45) is 0 Å². The van der Waals surface area contributed by atoms with Crippen LogP contribution in [-0.2, 0) is 6.54 Å². The number of fused-ring (bicyclic) bond motifs is 1. The number of rotatable bonds is 3. The van der Waals surface area contributed by atoms with Crippen molar-refractivity contribution >= 4 is 28.3 Å². The van der Waals surface area contributed by atoms with Crippen LogP contribution in [0.15, 0.2) is 48.8 Å². The van der Waals surface area contributed by atoms with E-state index in [9.17, 15) is 0 Å². The van der Waals surface area contributed by atoms with Gasteiger partial charge in [-0.15, -0.1) is 0 Å². The number of pyridine rings is 2. The van der Waals surface area contributed by atoms with Crippen molar-refractivity contribution in [1.29, 1.82) is 5.26 Å². The molecule has 3 aromatic rings. The number of nitrogens with zero attached hydrogens (tertiary/aromatic N) is 3. The van der Waals surface area contributed by atoms with E-state index in [0.717, 1.165) is 16.5 Å². The van der Waals surface area contributed by atoms with Crippen molar-refractivity contribution < 1.29 is 0 Å². The molecule has 1 N–H and O–H groups in total. The Morgan fingerprint density at radius 1 is 1.10 bits per heavy atom. The molecule has 0 aliphatic rings. The maximum Gasteiger partial charge on any atom is 0.146 e. The van der Waals surface area contributed by atoms with E-state index < -0.39 is 0 Å². The first-order chi connectivity index (χ1) is 10.3. The molecule has 0 aliphatic heterocycles. The smallest absolute Gasteiger partial charge is 0.146 e. The molecule has 2 heterocycles. The van der Waals surface area contributed by atoms with Crippen LogP contribution < -0.4 is 5.32 Å². The second kappa shape index (κ2) is 5.78. The second-order valence-electron chi connectivity index (χ2n) is 4.48. The molecule has 0 saturated heterocycles. The summed E-state index contributed by atoms with van der Waals surface area (Å²) in [6, 6.07) is 13.6. The number of anilines is 1. The molecule has 0 radical (unpaired) electrons. The van der Waals surface area contributed by atoms with Crippen LogP contribution in [0, 0.1) is 11.3 Å². The Morgan fingerprint density at radius 3 is 2.81 bits per heavy atom. The highest BCUT2D eigenvalue weighted by Gasteiger charge is 2.08. The fourth-order valence-electron chi connectivity index (χ4n) is 2.14. The topological polar surface area (TPSA) is 61.6 Å². The minimum absolute atomic E-state index is 0.341. The van der Waals surface area contributed by atoms with Gasteiger partial charge in [0, 0.05) is 24.3 Å². The molecule has 0 unspecified atom stereocenters. The summed E-state index contributed by atoms with van der Waals surface area (Å²) in [7, 11) is 0. The van der Waals surface area contributed by atoms with Gasteiger partial charge in [0.15, 0.2) is 0 Å². The Labute approximate surface area is 127 Å². The summed E-state index contributed by atoms with van der Waals surface area (Å²) in [5, 5.41) is 13.6. The molecule has 0 spiro atoms. The average molecular weight is 295 g/mol. The summed E-state index contributed by atoms with van der Waals surface area (Å²) >= 11 is 6.13. The maximum absolute atomic E-state index is 8.97. The van der Waals surface area contributed by atoms with E-state index in [-0.39, 0.29) is 0 Å². The standard InChI is InChI=1S/C16H11ClN4/c17-14-12(9-18)6-8-20-16(14)21-10-13-4-1-3-11-5-2-7-19-15(11)13/h1-8H,10H2,(H,20,21). The van der Waals surface area contributed by atoms with Crippen molar-refractivity contribution in [2.45, 2.75) is 6.54 Å². The molecule has 0 saturated carbocycles. The molecule has 0 atom stereocenters. The summed E-state index contributed by atoms with van der Waals surface area (Å²) in [5.41, 5.74) is 2.40. The number of hydrogen-bond acceptors (Lipinski definition) is 4. The Bertz CT molecular complexity index is 834. The van der Waals surface area contributed by atoms with Gasteiger partial charge in [0.2, 0.25) is 0 Å². The lowest BCUT2D eigenvalue weighted by Gasteiger charge is -2.09. The van der Waals surface area contributed by atoms with Gasteiger partial charge in [-0.1, -0.05) is 35.9 Å². The Morgan fingerprint density at radius 2 is 1.95 bits per heavy atom. The van der Waals surface area contributed by atoms with Gasteiger partial charge in [0.25, 0.3) is 0 Å². The minimum atomic E-state index is 0.341. The van der Waals surface area contributed by atoms with Gasteiger partial charge in [-0.25, -0.2) is 4.98 Å². The Hall–Kier alpha value is -2.64. The zero-order valence-corrected chi connectivity index (χ0v) is 11.8. The highest BCUT2D eigenvalue weighted by molar-refractivity contribution is 6.34. The molecule has 1 aromatic carbocycles. The van der Waals surface area contributed by atoms with E-state index >= 15 is 0 Å². The molecule has 5 heteroatoms. The van der Waals surface area contributed by atoms with Crippen molar-refractivity contribution in [2.75, 3.05) is 5.32 Å². The molecule has 102 valence electrons. The zero-order chi connectivity index (χ0) is 14.7. The van der Waals surface area contributed by atoms with Crippen molar-refractivity contribution in [1.82, 2.24) is 9.97 Å². The SMILES string of the molecule is N#Cc1ccnc(NCc2cccc3cccnc23)c1Cl. The number of para-hydroxylation sites is 1. The molecule has 3 rings (SSSR count). The summed E-state index contributed by atoms with van der Waals surface area (Å²) in [6.45, 7) is 0.538. The normalized spacial score (nSPS) is 10.3. The van der Waals surface area contributed by atoms with Crippen molar-refractivity contribution in [3.63, 3.8) is 0 Å². The van der Waals surface area contributed by atoms with Crippen LogP contribution in [0.25, 0.3) is 10.9 Å². The second-order valence-corrected chi connectivity index (χ2v) is 4.86. The molecule has 0 bridgehead atoms. The minimum Gasteiger partial charge on any atom is -0.365 e. The summed E-state index contributed by atoms with van der Waals surface area (Å²) in [5.74, 6) is 0.503. The van der Waals surface area contributed by atoms with Crippen LogP contribution in [0.3, 0.4) is 0 Å². The third kappa shape index (κ3) is 2.64. The van der Waals surface area contributed by atoms with Gasteiger partial charge in [0.1, 0.15) is 16.9 Å². The maximum atomic E-state index is 8.97. The highest BCUT2D eigenvalue weighted by Crippen LogP contribution is 2.24. The largest absolute Gasteiger partial charge is 0.365 e. The number of hydrogen-bond donors (Lipinski definition) is 1. The van der Waals surface area contributed by atoms with Gasteiger partial charge in [-0.2, -0.15) is 5.26 Å². The fourth-order valence-corrected chi connectivity index (χ4v) is 2.36. The predicted molar refractivity (Wildman–Crippen MR) is 83.0 cm³/mol. The van der Waals surface area contributed by atoms with Crippen LogP contribution >= 0.6 is 11.6 Å². The number of halogens is 1. The van der Waals surface area contributed by atoms with Crippen LogP contribution in [0.4, 0.5) is 5.82 Å². The van der Waals surface area contributed by atoms with Crippen molar-refractivity contribution in [3.05, 3.63) is 64.9 Å². The Kier molecular flexibility index (Phi) is 3.67. The molecule has 0 fully saturated rings. The lowest BCUT2D eigenvalue weighted by atomic mass is 10.1. The first-order valence-corrected chi connectivity index (χ1v) is 6.78.